The zero-order valence-electron chi connectivity index (χ0n) is 10.7. The molecule has 90 valence electrons. The van der Waals surface area contributed by atoms with Crippen LogP contribution in [0.25, 0.3) is 0 Å². The molecule has 1 heterocycles. The Balaban J connectivity index is 1.98. The number of hydrogen-bond acceptors (Lipinski definition) is 2. The number of thiophene rings is 1. The van der Waals surface area contributed by atoms with Crippen molar-refractivity contribution < 1.29 is 0 Å². The van der Waals surface area contributed by atoms with Crippen LogP contribution in [0.3, 0.4) is 0 Å². The smallest absolute Gasteiger partial charge is 0.0388 e. The molecule has 0 aliphatic rings. The fourth-order valence-electron chi connectivity index (χ4n) is 2.08. The van der Waals surface area contributed by atoms with Crippen molar-refractivity contribution in [2.75, 3.05) is 0 Å². The molecule has 0 aliphatic carbocycles. The monoisotopic (exact) mass is 245 g/mol. The Morgan fingerprint density at radius 2 is 1.88 bits per heavy atom. The third kappa shape index (κ3) is 3.42. The molecule has 1 N–H and O–H groups in total. The van der Waals surface area contributed by atoms with Crippen molar-refractivity contribution in [3.05, 3.63) is 57.3 Å². The largest absolute Gasteiger partial charge is 0.305 e. The summed E-state index contributed by atoms with van der Waals surface area (Å²) in [5.41, 5.74) is 4.04. The molecule has 1 atom stereocenters. The van der Waals surface area contributed by atoms with Crippen LogP contribution < -0.4 is 5.32 Å². The molecule has 1 aromatic heterocycles. The molecule has 0 saturated heterocycles. The van der Waals surface area contributed by atoms with Crippen molar-refractivity contribution in [3.8, 4) is 0 Å². The molecule has 2 aromatic rings. The van der Waals surface area contributed by atoms with E-state index < -0.39 is 0 Å². The fraction of sp³-hybridized carbons (Fsp3) is 0.333. The molecule has 0 radical (unpaired) electrons. The molecule has 0 bridgehead atoms. The zero-order valence-corrected chi connectivity index (χ0v) is 11.5. The van der Waals surface area contributed by atoms with Gasteiger partial charge in [0.05, 0.1) is 0 Å². The topological polar surface area (TPSA) is 12.0 Å². The Labute approximate surface area is 108 Å². The molecule has 17 heavy (non-hydrogen) atoms. The lowest BCUT2D eigenvalue weighted by Gasteiger charge is -2.13. The van der Waals surface area contributed by atoms with Crippen LogP contribution in [-0.4, -0.2) is 0 Å². The second-order valence-corrected chi connectivity index (χ2v) is 5.59. The molecule has 1 nitrogen and oxygen atoms in total. The third-order valence-corrected chi connectivity index (χ3v) is 3.92. The quantitative estimate of drug-likeness (QED) is 0.850. The molecule has 0 spiro atoms. The second kappa shape index (κ2) is 5.48. The number of nitrogens with one attached hydrogen (secondary N) is 1. The maximum absolute atomic E-state index is 3.57. The van der Waals surface area contributed by atoms with Crippen LogP contribution in [0.1, 0.15) is 34.5 Å². The molecule has 2 heteroatoms. The summed E-state index contributed by atoms with van der Waals surface area (Å²) in [5, 5.41) is 5.70. The molecule has 0 unspecified atom stereocenters. The van der Waals surface area contributed by atoms with Crippen molar-refractivity contribution >= 4 is 11.3 Å². The molecule has 0 amide bonds. The van der Waals surface area contributed by atoms with Crippen molar-refractivity contribution in [3.63, 3.8) is 0 Å². The standard InChI is InChI=1S/C15H19NS/c1-11-7-12(2)9-14(8-11)10-16-13(3)15-5-4-6-17-15/h4-9,13,16H,10H2,1-3H3/t13-/m1/s1. The Morgan fingerprint density at radius 1 is 1.18 bits per heavy atom. The highest BCUT2D eigenvalue weighted by molar-refractivity contribution is 7.10. The van der Waals surface area contributed by atoms with Gasteiger partial charge >= 0.3 is 0 Å². The first kappa shape index (κ1) is 12.3. The van der Waals surface area contributed by atoms with E-state index in [1.807, 2.05) is 11.3 Å². The maximum Gasteiger partial charge on any atom is 0.0388 e. The van der Waals surface area contributed by atoms with E-state index in [1.165, 1.54) is 21.6 Å². The lowest BCUT2D eigenvalue weighted by atomic mass is 10.1. The highest BCUT2D eigenvalue weighted by Gasteiger charge is 2.05. The van der Waals surface area contributed by atoms with Crippen LogP contribution in [0.15, 0.2) is 35.7 Å². The first-order valence-electron chi connectivity index (χ1n) is 5.99. The van der Waals surface area contributed by atoms with Gasteiger partial charge in [-0.15, -0.1) is 11.3 Å². The molecule has 2 rings (SSSR count). The lowest BCUT2D eigenvalue weighted by Crippen LogP contribution is -2.17. The van der Waals surface area contributed by atoms with Gasteiger partial charge in [-0.05, 0) is 37.8 Å². The molecular weight excluding hydrogens is 226 g/mol. The number of rotatable bonds is 4. The molecule has 0 aliphatic heterocycles. The minimum atomic E-state index is 0.427. The van der Waals surface area contributed by atoms with Gasteiger partial charge in [-0.25, -0.2) is 0 Å². The van der Waals surface area contributed by atoms with Gasteiger partial charge < -0.3 is 5.32 Å². The van der Waals surface area contributed by atoms with Gasteiger partial charge in [-0.1, -0.05) is 35.4 Å². The van der Waals surface area contributed by atoms with Gasteiger partial charge in [0.15, 0.2) is 0 Å². The number of aryl methyl sites for hydroxylation is 2. The summed E-state index contributed by atoms with van der Waals surface area (Å²) in [6, 6.07) is 11.4. The van der Waals surface area contributed by atoms with Crippen LogP contribution >= 0.6 is 11.3 Å². The zero-order chi connectivity index (χ0) is 12.3. The van der Waals surface area contributed by atoms with E-state index in [-0.39, 0.29) is 0 Å². The molecule has 1 aromatic carbocycles. The summed E-state index contributed by atoms with van der Waals surface area (Å²) in [5.74, 6) is 0. The van der Waals surface area contributed by atoms with Crippen molar-refractivity contribution in [1.29, 1.82) is 0 Å². The summed E-state index contributed by atoms with van der Waals surface area (Å²) >= 11 is 1.81. The summed E-state index contributed by atoms with van der Waals surface area (Å²) in [6.45, 7) is 7.45. The second-order valence-electron chi connectivity index (χ2n) is 4.61. The van der Waals surface area contributed by atoms with Crippen LogP contribution in [0.2, 0.25) is 0 Å². The first-order chi connectivity index (χ1) is 8.15. The third-order valence-electron chi connectivity index (χ3n) is 2.86. The van der Waals surface area contributed by atoms with Crippen molar-refractivity contribution in [1.82, 2.24) is 5.32 Å². The van der Waals surface area contributed by atoms with E-state index in [0.29, 0.717) is 6.04 Å². The van der Waals surface area contributed by atoms with Gasteiger partial charge in [0.1, 0.15) is 0 Å². The van der Waals surface area contributed by atoms with Gasteiger partial charge in [0.2, 0.25) is 0 Å². The first-order valence-corrected chi connectivity index (χ1v) is 6.87. The van der Waals surface area contributed by atoms with Gasteiger partial charge in [0.25, 0.3) is 0 Å². The van der Waals surface area contributed by atoms with Crippen molar-refractivity contribution in [2.45, 2.75) is 33.4 Å². The molecular formula is C15H19NS. The Bertz CT molecular complexity index is 453. The SMILES string of the molecule is Cc1cc(C)cc(CN[C@H](C)c2cccs2)c1. The van der Waals surface area contributed by atoms with Gasteiger partial charge in [-0.3, -0.25) is 0 Å². The van der Waals surface area contributed by atoms with E-state index in [2.05, 4.69) is 61.8 Å². The van der Waals surface area contributed by atoms with Gasteiger partial charge in [-0.2, -0.15) is 0 Å². The van der Waals surface area contributed by atoms with Crippen LogP contribution in [0, 0.1) is 13.8 Å². The van der Waals surface area contributed by atoms with E-state index in [1.54, 1.807) is 0 Å². The van der Waals surface area contributed by atoms with Crippen LogP contribution in [-0.2, 0) is 6.54 Å². The average molecular weight is 245 g/mol. The van der Waals surface area contributed by atoms with E-state index >= 15 is 0 Å². The van der Waals surface area contributed by atoms with Crippen LogP contribution in [0.4, 0.5) is 0 Å². The summed E-state index contributed by atoms with van der Waals surface area (Å²) < 4.78 is 0. The Morgan fingerprint density at radius 3 is 2.47 bits per heavy atom. The highest BCUT2D eigenvalue weighted by Crippen LogP contribution is 2.19. The highest BCUT2D eigenvalue weighted by atomic mass is 32.1. The maximum atomic E-state index is 3.57. The summed E-state index contributed by atoms with van der Waals surface area (Å²) in [6.07, 6.45) is 0. The van der Waals surface area contributed by atoms with E-state index in [4.69, 9.17) is 0 Å². The molecule has 0 fully saturated rings. The Kier molecular flexibility index (Phi) is 3.97. The van der Waals surface area contributed by atoms with Crippen molar-refractivity contribution in [2.24, 2.45) is 0 Å². The van der Waals surface area contributed by atoms with E-state index in [0.717, 1.165) is 6.54 Å². The average Bonchev–Trinajstić information content (AvgIpc) is 2.78. The molecule has 0 saturated carbocycles. The lowest BCUT2D eigenvalue weighted by molar-refractivity contribution is 0.582. The predicted octanol–water partition coefficient (Wildman–Crippen LogP) is 4.22. The van der Waals surface area contributed by atoms with Gasteiger partial charge in [0, 0.05) is 17.5 Å². The normalized spacial score (nSPS) is 12.6. The van der Waals surface area contributed by atoms with E-state index in [9.17, 15) is 0 Å². The number of hydrogen-bond donors (Lipinski definition) is 1. The minimum absolute atomic E-state index is 0.427. The minimum Gasteiger partial charge on any atom is -0.305 e. The number of benzene rings is 1. The predicted molar refractivity (Wildman–Crippen MR) is 75.5 cm³/mol. The fourth-order valence-corrected chi connectivity index (χ4v) is 2.84. The van der Waals surface area contributed by atoms with Crippen LogP contribution in [0.5, 0.6) is 0 Å². The summed E-state index contributed by atoms with van der Waals surface area (Å²) in [4.78, 5) is 1.40. The Hall–Kier alpha value is -1.12. The summed E-state index contributed by atoms with van der Waals surface area (Å²) in [7, 11) is 0.